The van der Waals surface area contributed by atoms with Crippen molar-refractivity contribution in [2.24, 2.45) is 0 Å². The first-order valence-corrected chi connectivity index (χ1v) is 6.29. The summed E-state index contributed by atoms with van der Waals surface area (Å²) in [7, 11) is 1.62. The molecule has 0 bridgehead atoms. The molecule has 1 heterocycles. The Morgan fingerprint density at radius 2 is 2.26 bits per heavy atom. The number of benzene rings is 1. The van der Waals surface area contributed by atoms with Crippen LogP contribution in [0.3, 0.4) is 0 Å². The maximum atomic E-state index is 11.0. The molecule has 0 radical (unpaired) electrons. The third-order valence-electron chi connectivity index (χ3n) is 3.37. The van der Waals surface area contributed by atoms with Gasteiger partial charge in [0.15, 0.2) is 0 Å². The average molecular weight is 265 g/mol. The highest BCUT2D eigenvalue weighted by Crippen LogP contribution is 2.31. The van der Waals surface area contributed by atoms with Gasteiger partial charge in [-0.3, -0.25) is 10.1 Å². The normalized spacial score (nSPS) is 27.0. The molecule has 0 aromatic heterocycles. The maximum Gasteiger partial charge on any atom is 0.323 e. The molecule has 3 unspecified atom stereocenters. The third-order valence-corrected chi connectivity index (χ3v) is 3.37. The zero-order valence-electron chi connectivity index (χ0n) is 11.3. The average Bonchev–Trinajstić information content (AvgIpc) is 2.38. The largest absolute Gasteiger partial charge is 0.496 e. The Labute approximate surface area is 112 Å². The summed E-state index contributed by atoms with van der Waals surface area (Å²) in [5, 5.41) is 12.1. The van der Waals surface area contributed by atoms with Crippen LogP contribution in [0.25, 0.3) is 0 Å². The zero-order valence-corrected chi connectivity index (χ0v) is 11.3. The van der Waals surface area contributed by atoms with Gasteiger partial charge in [0.25, 0.3) is 0 Å². The van der Waals surface area contributed by atoms with Crippen LogP contribution in [0.15, 0.2) is 18.2 Å². The molecular weight excluding hydrogens is 246 g/mol. The van der Waals surface area contributed by atoms with Gasteiger partial charge in [0.05, 0.1) is 19.3 Å². The summed E-state index contributed by atoms with van der Waals surface area (Å²) in [4.78, 5) is 11.0. The smallest absolute Gasteiger partial charge is 0.323 e. The summed E-state index contributed by atoms with van der Waals surface area (Å²) in [5.41, 5.74) is 2.07. The predicted octanol–water partition coefficient (Wildman–Crippen LogP) is 1.51. The van der Waals surface area contributed by atoms with Crippen molar-refractivity contribution >= 4 is 5.97 Å². The summed E-state index contributed by atoms with van der Waals surface area (Å²) in [6.07, 6.45) is -0.582. The first-order valence-electron chi connectivity index (χ1n) is 6.29. The summed E-state index contributed by atoms with van der Waals surface area (Å²) in [6.45, 7) is 4.23. The van der Waals surface area contributed by atoms with E-state index < -0.39 is 12.0 Å². The molecule has 1 saturated heterocycles. The number of carboxylic acids is 1. The molecule has 1 aliphatic rings. The van der Waals surface area contributed by atoms with Gasteiger partial charge in [0.1, 0.15) is 11.8 Å². The molecule has 2 N–H and O–H groups in total. The Morgan fingerprint density at radius 3 is 2.84 bits per heavy atom. The number of methoxy groups -OCH3 is 1. The van der Waals surface area contributed by atoms with Crippen molar-refractivity contribution < 1.29 is 19.4 Å². The molecule has 1 aliphatic heterocycles. The Balaban J connectivity index is 2.20. The van der Waals surface area contributed by atoms with Gasteiger partial charge in [-0.25, -0.2) is 0 Å². The molecule has 0 saturated carbocycles. The molecule has 0 amide bonds. The lowest BCUT2D eigenvalue weighted by Gasteiger charge is -2.34. The number of nitrogens with one attached hydrogen (secondary N) is 1. The second kappa shape index (κ2) is 5.59. The first kappa shape index (κ1) is 13.8. The van der Waals surface area contributed by atoms with Gasteiger partial charge in [-0.1, -0.05) is 11.6 Å². The van der Waals surface area contributed by atoms with E-state index in [1.54, 1.807) is 14.0 Å². The van der Waals surface area contributed by atoms with Crippen LogP contribution in [0.5, 0.6) is 5.75 Å². The van der Waals surface area contributed by atoms with E-state index in [0.29, 0.717) is 6.54 Å². The number of morpholine rings is 1. The van der Waals surface area contributed by atoms with Crippen LogP contribution in [0.4, 0.5) is 0 Å². The Morgan fingerprint density at radius 1 is 1.53 bits per heavy atom. The number of ether oxygens (including phenoxy) is 2. The van der Waals surface area contributed by atoms with E-state index in [4.69, 9.17) is 14.6 Å². The number of carbonyl (C=O) groups is 1. The molecule has 1 fully saturated rings. The monoisotopic (exact) mass is 265 g/mol. The highest BCUT2D eigenvalue weighted by molar-refractivity contribution is 5.74. The number of hydrogen-bond donors (Lipinski definition) is 2. The van der Waals surface area contributed by atoms with E-state index in [9.17, 15) is 4.79 Å². The second-order valence-electron chi connectivity index (χ2n) is 4.80. The minimum Gasteiger partial charge on any atom is -0.496 e. The van der Waals surface area contributed by atoms with E-state index in [-0.39, 0.29) is 12.2 Å². The second-order valence-corrected chi connectivity index (χ2v) is 4.80. The van der Waals surface area contributed by atoms with E-state index in [2.05, 4.69) is 5.32 Å². The van der Waals surface area contributed by atoms with E-state index in [0.717, 1.165) is 16.9 Å². The maximum absolute atomic E-state index is 11.0. The quantitative estimate of drug-likeness (QED) is 0.867. The Bertz CT molecular complexity index is 475. The molecule has 2 rings (SSSR count). The van der Waals surface area contributed by atoms with Crippen molar-refractivity contribution in [3.63, 3.8) is 0 Å². The van der Waals surface area contributed by atoms with Crippen molar-refractivity contribution in [1.29, 1.82) is 0 Å². The van der Waals surface area contributed by atoms with E-state index >= 15 is 0 Å². The van der Waals surface area contributed by atoms with Crippen molar-refractivity contribution in [2.75, 3.05) is 13.7 Å². The van der Waals surface area contributed by atoms with Crippen LogP contribution >= 0.6 is 0 Å². The van der Waals surface area contributed by atoms with Crippen molar-refractivity contribution in [3.8, 4) is 5.75 Å². The highest BCUT2D eigenvalue weighted by atomic mass is 16.5. The van der Waals surface area contributed by atoms with Gasteiger partial charge < -0.3 is 14.6 Å². The van der Waals surface area contributed by atoms with Gasteiger partial charge in [0, 0.05) is 12.1 Å². The molecular formula is C14H19NO4. The lowest BCUT2D eigenvalue weighted by molar-refractivity contribution is -0.149. The van der Waals surface area contributed by atoms with Crippen molar-refractivity contribution in [1.82, 2.24) is 5.32 Å². The van der Waals surface area contributed by atoms with Gasteiger partial charge in [-0.2, -0.15) is 0 Å². The topological polar surface area (TPSA) is 67.8 Å². The fraction of sp³-hybridized carbons (Fsp3) is 0.500. The number of hydrogen-bond acceptors (Lipinski definition) is 4. The van der Waals surface area contributed by atoms with Crippen molar-refractivity contribution in [2.45, 2.75) is 32.1 Å². The van der Waals surface area contributed by atoms with Crippen LogP contribution in [0.2, 0.25) is 0 Å². The molecule has 1 aromatic carbocycles. The SMILES string of the molecule is COc1ccc(C)cc1C1CNC(C(=O)O)C(C)O1. The lowest BCUT2D eigenvalue weighted by atomic mass is 10.0. The van der Waals surface area contributed by atoms with Gasteiger partial charge in [-0.05, 0) is 26.0 Å². The lowest BCUT2D eigenvalue weighted by Crippen LogP contribution is -2.52. The highest BCUT2D eigenvalue weighted by Gasteiger charge is 2.34. The van der Waals surface area contributed by atoms with E-state index in [1.807, 2.05) is 25.1 Å². The molecule has 5 nitrogen and oxygen atoms in total. The summed E-state index contributed by atoms with van der Waals surface area (Å²) in [5.74, 6) is -0.125. The van der Waals surface area contributed by atoms with Crippen molar-refractivity contribution in [3.05, 3.63) is 29.3 Å². The molecule has 0 aliphatic carbocycles. The van der Waals surface area contributed by atoms with Gasteiger partial charge in [0.2, 0.25) is 0 Å². The number of aryl methyl sites for hydroxylation is 1. The Kier molecular flexibility index (Phi) is 4.07. The molecule has 0 spiro atoms. The number of rotatable bonds is 3. The predicted molar refractivity (Wildman–Crippen MR) is 70.4 cm³/mol. The van der Waals surface area contributed by atoms with Gasteiger partial charge >= 0.3 is 5.97 Å². The number of carboxylic acid groups (broad SMARTS) is 1. The number of aliphatic carboxylic acids is 1. The summed E-state index contributed by atoms with van der Waals surface area (Å²) < 4.78 is 11.2. The molecule has 5 heteroatoms. The van der Waals surface area contributed by atoms with Crippen LogP contribution < -0.4 is 10.1 Å². The standard InChI is InChI=1S/C14H19NO4/c1-8-4-5-11(18-3)10(6-8)12-7-15-13(14(16)17)9(2)19-12/h4-6,9,12-13,15H,7H2,1-3H3,(H,16,17). The fourth-order valence-electron chi connectivity index (χ4n) is 2.36. The zero-order chi connectivity index (χ0) is 14.0. The molecule has 104 valence electrons. The minimum absolute atomic E-state index is 0.194. The Hall–Kier alpha value is -1.59. The minimum atomic E-state index is -0.887. The summed E-state index contributed by atoms with van der Waals surface area (Å²) >= 11 is 0. The molecule has 19 heavy (non-hydrogen) atoms. The van der Waals surface area contributed by atoms with Gasteiger partial charge in [-0.15, -0.1) is 0 Å². The van der Waals surface area contributed by atoms with E-state index in [1.165, 1.54) is 0 Å². The first-order chi connectivity index (χ1) is 9.02. The van der Waals surface area contributed by atoms with Crippen LogP contribution in [0, 0.1) is 6.92 Å². The molecule has 1 aromatic rings. The molecule has 3 atom stereocenters. The fourth-order valence-corrected chi connectivity index (χ4v) is 2.36. The van der Waals surface area contributed by atoms with Crippen LogP contribution in [-0.2, 0) is 9.53 Å². The van der Waals surface area contributed by atoms with Crippen LogP contribution in [-0.4, -0.2) is 36.9 Å². The third kappa shape index (κ3) is 2.88. The summed E-state index contributed by atoms with van der Waals surface area (Å²) in [6, 6.07) is 5.23. The van der Waals surface area contributed by atoms with Crippen LogP contribution in [0.1, 0.15) is 24.2 Å².